The summed E-state index contributed by atoms with van der Waals surface area (Å²) in [5.41, 5.74) is 4.35. The van der Waals surface area contributed by atoms with E-state index in [4.69, 9.17) is 0 Å². The third kappa shape index (κ3) is 1.82. The van der Waals surface area contributed by atoms with Gasteiger partial charge in [-0.05, 0) is 48.2 Å². The maximum atomic E-state index is 13.7. The first-order valence-corrected chi connectivity index (χ1v) is 6.67. The average molecular weight is 269 g/mol. The fraction of sp³-hybridized carbons (Fsp3) is 0.235. The van der Waals surface area contributed by atoms with Gasteiger partial charge in [0.1, 0.15) is 5.82 Å². The van der Waals surface area contributed by atoms with Gasteiger partial charge in [0.15, 0.2) is 0 Å². The van der Waals surface area contributed by atoms with Crippen LogP contribution in [0.2, 0.25) is 0 Å². The van der Waals surface area contributed by atoms with Crippen molar-refractivity contribution >= 4 is 11.6 Å². The van der Waals surface area contributed by atoms with Crippen molar-refractivity contribution in [1.29, 1.82) is 0 Å². The van der Waals surface area contributed by atoms with Crippen LogP contribution in [0.25, 0.3) is 11.1 Å². The second-order valence-electron chi connectivity index (χ2n) is 5.36. The number of carbonyl (C=O) groups excluding carboxylic acids is 1. The minimum Gasteiger partial charge on any atom is -0.315 e. The molecule has 0 aromatic heterocycles. The quantitative estimate of drug-likeness (QED) is 0.769. The Labute approximate surface area is 117 Å². The van der Waals surface area contributed by atoms with E-state index in [0.29, 0.717) is 5.56 Å². The van der Waals surface area contributed by atoms with E-state index in [-0.39, 0.29) is 17.6 Å². The Balaban J connectivity index is 2.10. The zero-order chi connectivity index (χ0) is 14.4. The Morgan fingerprint density at radius 3 is 2.45 bits per heavy atom. The Morgan fingerprint density at radius 1 is 1.10 bits per heavy atom. The molecule has 3 heteroatoms. The molecule has 1 aliphatic rings. The molecule has 1 amide bonds. The van der Waals surface area contributed by atoms with Gasteiger partial charge in [-0.1, -0.05) is 24.3 Å². The summed E-state index contributed by atoms with van der Waals surface area (Å²) >= 11 is 0. The Kier molecular flexibility index (Phi) is 2.85. The minimum atomic E-state index is -0.208. The van der Waals surface area contributed by atoms with Crippen molar-refractivity contribution in [2.75, 3.05) is 11.9 Å². The molecule has 2 nitrogen and oxygen atoms in total. The number of halogens is 1. The largest absolute Gasteiger partial charge is 0.315 e. The summed E-state index contributed by atoms with van der Waals surface area (Å²) in [4.78, 5) is 13.6. The highest BCUT2D eigenvalue weighted by atomic mass is 19.1. The highest BCUT2D eigenvalue weighted by Crippen LogP contribution is 2.38. The lowest BCUT2D eigenvalue weighted by molar-refractivity contribution is -0.118. The number of nitrogens with zero attached hydrogens (tertiary/aromatic N) is 1. The smallest absolute Gasteiger partial charge is 0.234 e. The van der Waals surface area contributed by atoms with Gasteiger partial charge in [-0.3, -0.25) is 4.79 Å². The molecule has 0 radical (unpaired) electrons. The molecule has 0 fully saturated rings. The van der Waals surface area contributed by atoms with E-state index in [0.717, 1.165) is 22.4 Å². The van der Waals surface area contributed by atoms with Crippen molar-refractivity contribution in [1.82, 2.24) is 0 Å². The fourth-order valence-electron chi connectivity index (χ4n) is 2.69. The van der Waals surface area contributed by atoms with Gasteiger partial charge in [0, 0.05) is 12.7 Å². The van der Waals surface area contributed by atoms with Crippen molar-refractivity contribution in [3.8, 4) is 11.1 Å². The number of amides is 1. The molecule has 0 bridgehead atoms. The van der Waals surface area contributed by atoms with Crippen molar-refractivity contribution in [2.45, 2.75) is 19.8 Å². The van der Waals surface area contributed by atoms with Gasteiger partial charge < -0.3 is 4.90 Å². The van der Waals surface area contributed by atoms with Crippen LogP contribution >= 0.6 is 0 Å². The van der Waals surface area contributed by atoms with Gasteiger partial charge in [-0.15, -0.1) is 0 Å². The number of rotatable bonds is 1. The Bertz CT molecular complexity index is 708. The van der Waals surface area contributed by atoms with Crippen molar-refractivity contribution < 1.29 is 9.18 Å². The van der Waals surface area contributed by atoms with Gasteiger partial charge in [-0.25, -0.2) is 4.39 Å². The van der Waals surface area contributed by atoms with Crippen LogP contribution in [0.15, 0.2) is 36.4 Å². The molecule has 1 aliphatic heterocycles. The molecule has 2 aromatic carbocycles. The first-order chi connectivity index (χ1) is 9.49. The molecule has 0 aliphatic carbocycles. The lowest BCUT2D eigenvalue weighted by atomic mass is 9.98. The summed E-state index contributed by atoms with van der Waals surface area (Å²) in [5, 5.41) is 0. The number of likely N-dealkylation sites (N-methyl/N-ethyl adjacent to an activating group) is 1. The monoisotopic (exact) mass is 269 g/mol. The SMILES string of the molecule is Cc1ccc(-c2ccc3c(c2)N(C)C(=O)C3C)cc1F. The van der Waals surface area contributed by atoms with Crippen molar-refractivity contribution in [3.05, 3.63) is 53.3 Å². The minimum absolute atomic E-state index is 0.0983. The lowest BCUT2D eigenvalue weighted by Gasteiger charge is -2.12. The van der Waals surface area contributed by atoms with E-state index in [9.17, 15) is 9.18 Å². The zero-order valence-electron chi connectivity index (χ0n) is 11.8. The van der Waals surface area contributed by atoms with Crippen LogP contribution in [-0.2, 0) is 4.79 Å². The average Bonchev–Trinajstić information content (AvgIpc) is 2.66. The summed E-state index contributed by atoms with van der Waals surface area (Å²) in [7, 11) is 1.78. The molecule has 1 atom stereocenters. The molecule has 102 valence electrons. The van der Waals surface area contributed by atoms with E-state index < -0.39 is 0 Å². The van der Waals surface area contributed by atoms with Gasteiger partial charge in [0.05, 0.1) is 5.92 Å². The molecule has 0 N–H and O–H groups in total. The second-order valence-corrected chi connectivity index (χ2v) is 5.36. The maximum absolute atomic E-state index is 13.7. The van der Waals surface area contributed by atoms with Crippen molar-refractivity contribution in [2.24, 2.45) is 0 Å². The summed E-state index contributed by atoms with van der Waals surface area (Å²) < 4.78 is 13.7. The number of fused-ring (bicyclic) bond motifs is 1. The summed E-state index contributed by atoms with van der Waals surface area (Å²) in [6.45, 7) is 3.66. The number of aryl methyl sites for hydroxylation is 1. The van der Waals surface area contributed by atoms with Gasteiger partial charge >= 0.3 is 0 Å². The first-order valence-electron chi connectivity index (χ1n) is 6.67. The van der Waals surface area contributed by atoms with Crippen LogP contribution in [-0.4, -0.2) is 13.0 Å². The predicted molar refractivity (Wildman–Crippen MR) is 78.4 cm³/mol. The molecule has 20 heavy (non-hydrogen) atoms. The highest BCUT2D eigenvalue weighted by molar-refractivity contribution is 6.04. The second kappa shape index (κ2) is 4.44. The van der Waals surface area contributed by atoms with E-state index in [2.05, 4.69) is 0 Å². The predicted octanol–water partition coefficient (Wildman–Crippen LogP) is 3.88. The molecule has 0 saturated carbocycles. The Hall–Kier alpha value is -2.16. The molecule has 2 aromatic rings. The molecule has 1 heterocycles. The number of hydrogen-bond acceptors (Lipinski definition) is 1. The molecular formula is C17H16FNO. The first kappa shape index (κ1) is 12.9. The van der Waals surface area contributed by atoms with E-state index in [1.807, 2.05) is 31.2 Å². The molecular weight excluding hydrogens is 253 g/mol. The van der Waals surface area contributed by atoms with Crippen LogP contribution < -0.4 is 4.90 Å². The third-order valence-electron chi connectivity index (χ3n) is 4.06. The molecule has 0 spiro atoms. The fourth-order valence-corrected chi connectivity index (χ4v) is 2.69. The van der Waals surface area contributed by atoms with Crippen LogP contribution in [0.3, 0.4) is 0 Å². The van der Waals surface area contributed by atoms with E-state index >= 15 is 0 Å². The zero-order valence-corrected chi connectivity index (χ0v) is 11.8. The maximum Gasteiger partial charge on any atom is 0.234 e. The number of benzene rings is 2. The third-order valence-corrected chi connectivity index (χ3v) is 4.06. The van der Waals surface area contributed by atoms with Crippen LogP contribution in [0.5, 0.6) is 0 Å². The molecule has 0 saturated heterocycles. The van der Waals surface area contributed by atoms with E-state index in [1.54, 1.807) is 24.9 Å². The summed E-state index contributed by atoms with van der Waals surface area (Å²) in [5.74, 6) is -0.202. The normalized spacial score (nSPS) is 17.5. The van der Waals surface area contributed by atoms with Crippen LogP contribution in [0.4, 0.5) is 10.1 Å². The number of anilines is 1. The highest BCUT2D eigenvalue weighted by Gasteiger charge is 2.31. The lowest BCUT2D eigenvalue weighted by Crippen LogP contribution is -2.22. The number of carbonyl (C=O) groups is 1. The van der Waals surface area contributed by atoms with Crippen LogP contribution in [0, 0.1) is 12.7 Å². The van der Waals surface area contributed by atoms with Gasteiger partial charge in [0.2, 0.25) is 5.91 Å². The summed E-state index contributed by atoms with van der Waals surface area (Å²) in [6.07, 6.45) is 0. The topological polar surface area (TPSA) is 20.3 Å². The molecule has 3 rings (SSSR count). The van der Waals surface area contributed by atoms with E-state index in [1.165, 1.54) is 6.07 Å². The number of hydrogen-bond donors (Lipinski definition) is 0. The van der Waals surface area contributed by atoms with Gasteiger partial charge in [0.25, 0.3) is 0 Å². The standard InChI is InChI=1S/C17H16FNO/c1-10-4-5-12(8-15(10)18)13-6-7-14-11(2)17(20)19(3)16(14)9-13/h4-9,11H,1-3H3. The van der Waals surface area contributed by atoms with Crippen molar-refractivity contribution in [3.63, 3.8) is 0 Å². The van der Waals surface area contributed by atoms with Gasteiger partial charge in [-0.2, -0.15) is 0 Å². The van der Waals surface area contributed by atoms with Crippen LogP contribution in [0.1, 0.15) is 24.0 Å². The summed E-state index contributed by atoms with van der Waals surface area (Å²) in [6, 6.07) is 11.1. The Morgan fingerprint density at radius 2 is 1.75 bits per heavy atom. The molecule has 1 unspecified atom stereocenters.